The van der Waals surface area contributed by atoms with Crippen molar-refractivity contribution in [1.29, 1.82) is 5.26 Å². The minimum absolute atomic E-state index is 0.149. The second-order valence-corrected chi connectivity index (χ2v) is 4.86. The van der Waals surface area contributed by atoms with Gasteiger partial charge >= 0.3 is 0 Å². The number of phenols is 1. The molecule has 2 rings (SSSR count). The summed E-state index contributed by atoms with van der Waals surface area (Å²) in [5.74, 6) is 1.02. The fourth-order valence-corrected chi connectivity index (χ4v) is 2.36. The first-order valence-electron chi connectivity index (χ1n) is 5.98. The van der Waals surface area contributed by atoms with Crippen molar-refractivity contribution in [2.45, 2.75) is 11.7 Å². The smallest absolute Gasteiger partial charge is 0.192 e. The van der Waals surface area contributed by atoms with Crippen LogP contribution in [-0.2, 0) is 11.3 Å². The number of benzene rings is 1. The van der Waals surface area contributed by atoms with E-state index in [4.69, 9.17) is 10.00 Å². The fraction of sp³-hybridized carbons (Fsp3) is 0.308. The highest BCUT2D eigenvalue weighted by molar-refractivity contribution is 7.99. The van der Waals surface area contributed by atoms with Crippen molar-refractivity contribution in [3.63, 3.8) is 0 Å². The van der Waals surface area contributed by atoms with E-state index in [1.807, 2.05) is 10.6 Å². The number of ether oxygens (including phenoxy) is 1. The quantitative estimate of drug-likeness (QED) is 0.818. The number of rotatable bonds is 6. The SMILES string of the molecule is COCCn1c(SCC#N)nnc1-c1ccccc1O. The average Bonchev–Trinajstić information content (AvgIpc) is 2.86. The van der Waals surface area contributed by atoms with E-state index in [0.29, 0.717) is 35.4 Å². The molecule has 104 valence electrons. The topological polar surface area (TPSA) is 84.0 Å². The number of nitriles is 1. The van der Waals surface area contributed by atoms with Gasteiger partial charge in [0.2, 0.25) is 0 Å². The third kappa shape index (κ3) is 3.10. The Bertz CT molecular complexity index is 621. The molecule has 0 aliphatic carbocycles. The first kappa shape index (κ1) is 14.4. The van der Waals surface area contributed by atoms with Crippen molar-refractivity contribution in [2.24, 2.45) is 0 Å². The maximum Gasteiger partial charge on any atom is 0.192 e. The Morgan fingerprint density at radius 2 is 2.20 bits per heavy atom. The van der Waals surface area contributed by atoms with Crippen LogP contribution in [0.3, 0.4) is 0 Å². The number of hydrogen-bond donors (Lipinski definition) is 1. The Balaban J connectivity index is 2.40. The number of thioether (sulfide) groups is 1. The summed E-state index contributed by atoms with van der Waals surface area (Å²) in [5.41, 5.74) is 0.611. The molecule has 1 aromatic carbocycles. The first-order chi connectivity index (χ1) is 9.77. The molecule has 0 amide bonds. The van der Waals surface area contributed by atoms with Crippen molar-refractivity contribution in [2.75, 3.05) is 19.5 Å². The number of phenolic OH excluding ortho intramolecular Hbond substituents is 1. The average molecular weight is 290 g/mol. The van der Waals surface area contributed by atoms with Crippen LogP contribution in [0.25, 0.3) is 11.4 Å². The first-order valence-corrected chi connectivity index (χ1v) is 6.96. The molecule has 0 aliphatic heterocycles. The highest BCUT2D eigenvalue weighted by Gasteiger charge is 2.16. The lowest BCUT2D eigenvalue weighted by atomic mass is 10.2. The van der Waals surface area contributed by atoms with E-state index >= 15 is 0 Å². The molecule has 0 fully saturated rings. The molecule has 2 aromatic rings. The molecule has 0 unspecified atom stereocenters. The fourth-order valence-electron chi connectivity index (χ4n) is 1.74. The van der Waals surface area contributed by atoms with Crippen molar-refractivity contribution in [3.8, 4) is 23.2 Å². The lowest BCUT2D eigenvalue weighted by Gasteiger charge is -2.09. The molecule has 1 aromatic heterocycles. The van der Waals surface area contributed by atoms with Crippen LogP contribution in [0.2, 0.25) is 0 Å². The number of aromatic nitrogens is 3. The van der Waals surface area contributed by atoms with E-state index in [9.17, 15) is 5.11 Å². The lowest BCUT2D eigenvalue weighted by molar-refractivity contribution is 0.185. The van der Waals surface area contributed by atoms with E-state index in [1.165, 1.54) is 11.8 Å². The van der Waals surface area contributed by atoms with Crippen LogP contribution in [0.15, 0.2) is 29.4 Å². The van der Waals surface area contributed by atoms with Crippen molar-refractivity contribution in [3.05, 3.63) is 24.3 Å². The Hall–Kier alpha value is -2.04. The monoisotopic (exact) mass is 290 g/mol. The maximum atomic E-state index is 9.93. The second kappa shape index (κ2) is 6.93. The van der Waals surface area contributed by atoms with E-state index in [1.54, 1.807) is 25.3 Å². The summed E-state index contributed by atoms with van der Waals surface area (Å²) in [6.45, 7) is 1.06. The van der Waals surface area contributed by atoms with Crippen molar-refractivity contribution in [1.82, 2.24) is 14.8 Å². The summed E-state index contributed by atoms with van der Waals surface area (Å²) in [6, 6.07) is 9.02. The minimum atomic E-state index is 0.149. The number of para-hydroxylation sites is 1. The molecule has 0 bridgehead atoms. The summed E-state index contributed by atoms with van der Waals surface area (Å²) in [4.78, 5) is 0. The Labute approximate surface area is 121 Å². The molecule has 7 heteroatoms. The largest absolute Gasteiger partial charge is 0.507 e. The van der Waals surface area contributed by atoms with Gasteiger partial charge in [-0.15, -0.1) is 10.2 Å². The highest BCUT2D eigenvalue weighted by Crippen LogP contribution is 2.29. The van der Waals surface area contributed by atoms with Gasteiger partial charge in [-0.05, 0) is 12.1 Å². The zero-order valence-electron chi connectivity index (χ0n) is 11.0. The predicted molar refractivity (Wildman–Crippen MR) is 75.3 cm³/mol. The van der Waals surface area contributed by atoms with Gasteiger partial charge in [-0.3, -0.25) is 4.57 Å². The summed E-state index contributed by atoms with van der Waals surface area (Å²) >= 11 is 1.31. The third-order valence-electron chi connectivity index (χ3n) is 2.65. The Morgan fingerprint density at radius 1 is 1.40 bits per heavy atom. The van der Waals surface area contributed by atoms with E-state index in [2.05, 4.69) is 16.3 Å². The molecule has 20 heavy (non-hydrogen) atoms. The minimum Gasteiger partial charge on any atom is -0.507 e. The van der Waals surface area contributed by atoms with Gasteiger partial charge < -0.3 is 9.84 Å². The van der Waals surface area contributed by atoms with Crippen LogP contribution < -0.4 is 0 Å². The van der Waals surface area contributed by atoms with Gasteiger partial charge in [0, 0.05) is 7.11 Å². The van der Waals surface area contributed by atoms with Crippen LogP contribution in [0.4, 0.5) is 0 Å². The summed E-state index contributed by atoms with van der Waals surface area (Å²) in [6.07, 6.45) is 0. The molecule has 0 saturated heterocycles. The van der Waals surface area contributed by atoms with Gasteiger partial charge in [0.25, 0.3) is 0 Å². The summed E-state index contributed by atoms with van der Waals surface area (Å²) < 4.78 is 6.93. The van der Waals surface area contributed by atoms with E-state index in [0.717, 1.165) is 0 Å². The Kier molecular flexibility index (Phi) is 4.98. The lowest BCUT2D eigenvalue weighted by Crippen LogP contribution is -2.07. The second-order valence-electron chi connectivity index (χ2n) is 3.91. The van der Waals surface area contributed by atoms with Gasteiger partial charge in [0.05, 0.1) is 30.5 Å². The molecule has 1 heterocycles. The van der Waals surface area contributed by atoms with Crippen molar-refractivity contribution < 1.29 is 9.84 Å². The van der Waals surface area contributed by atoms with Gasteiger partial charge in [0.1, 0.15) is 5.75 Å². The van der Waals surface area contributed by atoms with Crippen LogP contribution in [-0.4, -0.2) is 39.3 Å². The van der Waals surface area contributed by atoms with E-state index in [-0.39, 0.29) is 5.75 Å². The molecule has 0 spiro atoms. The highest BCUT2D eigenvalue weighted by atomic mass is 32.2. The standard InChI is InChI=1S/C13H14N4O2S/c1-19-8-7-17-12(10-4-2-3-5-11(10)18)15-16-13(17)20-9-6-14/h2-5,18H,7-9H2,1H3. The zero-order valence-corrected chi connectivity index (χ0v) is 11.8. The molecule has 0 aliphatic rings. The van der Waals surface area contributed by atoms with Gasteiger partial charge in [0.15, 0.2) is 11.0 Å². The summed E-state index contributed by atoms with van der Waals surface area (Å²) in [5, 5.41) is 27.4. The molecule has 0 atom stereocenters. The van der Waals surface area contributed by atoms with Gasteiger partial charge in [-0.1, -0.05) is 23.9 Å². The molecule has 6 nitrogen and oxygen atoms in total. The molecule has 0 saturated carbocycles. The normalized spacial score (nSPS) is 10.4. The predicted octanol–water partition coefficient (Wildman–Crippen LogP) is 1.91. The number of methoxy groups -OCH3 is 1. The number of aromatic hydroxyl groups is 1. The van der Waals surface area contributed by atoms with Crippen LogP contribution in [0.5, 0.6) is 5.75 Å². The van der Waals surface area contributed by atoms with Crippen LogP contribution >= 0.6 is 11.8 Å². The van der Waals surface area contributed by atoms with Crippen molar-refractivity contribution >= 4 is 11.8 Å². The van der Waals surface area contributed by atoms with Crippen LogP contribution in [0, 0.1) is 11.3 Å². The molecular weight excluding hydrogens is 276 g/mol. The number of nitrogens with zero attached hydrogens (tertiary/aromatic N) is 4. The Morgan fingerprint density at radius 3 is 2.90 bits per heavy atom. The third-order valence-corrected chi connectivity index (χ3v) is 3.48. The summed E-state index contributed by atoms with van der Waals surface area (Å²) in [7, 11) is 1.62. The maximum absolute atomic E-state index is 9.93. The molecule has 1 N–H and O–H groups in total. The molecular formula is C13H14N4O2S. The van der Waals surface area contributed by atoms with Gasteiger partial charge in [-0.2, -0.15) is 5.26 Å². The zero-order chi connectivity index (χ0) is 14.4. The van der Waals surface area contributed by atoms with Crippen LogP contribution in [0.1, 0.15) is 0 Å². The van der Waals surface area contributed by atoms with E-state index < -0.39 is 0 Å². The number of hydrogen-bond acceptors (Lipinski definition) is 6. The van der Waals surface area contributed by atoms with Gasteiger partial charge in [-0.25, -0.2) is 0 Å². The molecule has 0 radical (unpaired) electrons.